The minimum Gasteiger partial charge on any atom is -0.342 e. The van der Waals surface area contributed by atoms with Crippen molar-refractivity contribution >= 4 is 24.1 Å². The molecule has 0 spiro atoms. The van der Waals surface area contributed by atoms with Crippen LogP contribution in [0.5, 0.6) is 0 Å². The highest BCUT2D eigenvalue weighted by Gasteiger charge is 2.28. The number of carbonyl (C=O) groups is 2. The fraction of sp³-hybridized carbons (Fsp3) is 0.500. The molecule has 1 aliphatic heterocycles. The molecule has 1 aromatic rings. The second-order valence-electron chi connectivity index (χ2n) is 5.44. The van der Waals surface area contributed by atoms with Crippen molar-refractivity contribution in [1.82, 2.24) is 4.90 Å². The molecule has 0 aliphatic carbocycles. The number of hydrogen-bond acceptors (Lipinski definition) is 3. The van der Waals surface area contributed by atoms with Crippen LogP contribution in [0.2, 0.25) is 0 Å². The Morgan fingerprint density at radius 1 is 1.27 bits per heavy atom. The molecule has 1 aromatic carbocycles. The Morgan fingerprint density at radius 2 is 1.95 bits per heavy atom. The largest absolute Gasteiger partial charge is 0.342 e. The molecule has 0 radical (unpaired) electrons. The Kier molecular flexibility index (Phi) is 7.48. The summed E-state index contributed by atoms with van der Waals surface area (Å²) in [7, 11) is 0. The summed E-state index contributed by atoms with van der Waals surface area (Å²) in [6.07, 6.45) is 2.71. The van der Waals surface area contributed by atoms with Crippen LogP contribution >= 0.6 is 12.4 Å². The molecule has 1 fully saturated rings. The number of benzene rings is 1. The standard InChI is InChI=1S/C16H21FN2O2.ClH/c17-14-7-5-12(6-8-14)16(21)13-3-2-10-19(11-13)15(20)4-1-9-18;/h5-8,13H,1-4,9-11,18H2;1H. The van der Waals surface area contributed by atoms with Gasteiger partial charge >= 0.3 is 0 Å². The number of hydrogen-bond donors (Lipinski definition) is 1. The van der Waals surface area contributed by atoms with E-state index in [0.717, 1.165) is 12.8 Å². The number of Topliss-reactive ketones (excluding diaryl/α,β-unsaturated/α-hetero) is 1. The Balaban J connectivity index is 0.00000242. The highest BCUT2D eigenvalue weighted by molar-refractivity contribution is 5.98. The van der Waals surface area contributed by atoms with Crippen LogP contribution in [0.1, 0.15) is 36.0 Å². The van der Waals surface area contributed by atoms with Crippen LogP contribution in [-0.4, -0.2) is 36.2 Å². The number of nitrogens with zero attached hydrogens (tertiary/aromatic N) is 1. The van der Waals surface area contributed by atoms with Gasteiger partial charge in [-0.3, -0.25) is 9.59 Å². The molecule has 1 heterocycles. The van der Waals surface area contributed by atoms with Gasteiger partial charge in [-0.1, -0.05) is 0 Å². The molecule has 0 aromatic heterocycles. The number of amides is 1. The molecule has 6 heteroatoms. The number of piperidine rings is 1. The third-order valence-electron chi connectivity index (χ3n) is 3.87. The monoisotopic (exact) mass is 328 g/mol. The molecule has 0 bridgehead atoms. The molecule has 1 unspecified atom stereocenters. The zero-order valence-corrected chi connectivity index (χ0v) is 13.3. The van der Waals surface area contributed by atoms with Crippen LogP contribution in [0, 0.1) is 11.7 Å². The van der Waals surface area contributed by atoms with Crippen molar-refractivity contribution in [3.05, 3.63) is 35.6 Å². The molecule has 1 saturated heterocycles. The van der Waals surface area contributed by atoms with Crippen molar-refractivity contribution < 1.29 is 14.0 Å². The van der Waals surface area contributed by atoms with Crippen LogP contribution in [-0.2, 0) is 4.79 Å². The van der Waals surface area contributed by atoms with Crippen LogP contribution in [0.15, 0.2) is 24.3 Å². The molecule has 22 heavy (non-hydrogen) atoms. The van der Waals surface area contributed by atoms with E-state index in [2.05, 4.69) is 0 Å². The summed E-state index contributed by atoms with van der Waals surface area (Å²) >= 11 is 0. The van der Waals surface area contributed by atoms with E-state index in [4.69, 9.17) is 5.73 Å². The summed E-state index contributed by atoms with van der Waals surface area (Å²) in [5.41, 5.74) is 5.93. The van der Waals surface area contributed by atoms with Gasteiger partial charge in [-0.2, -0.15) is 0 Å². The zero-order chi connectivity index (χ0) is 15.2. The quantitative estimate of drug-likeness (QED) is 0.844. The Hall–Kier alpha value is -1.46. The number of carbonyl (C=O) groups excluding carboxylic acids is 2. The molecule has 1 atom stereocenters. The van der Waals surface area contributed by atoms with E-state index in [9.17, 15) is 14.0 Å². The molecule has 122 valence electrons. The van der Waals surface area contributed by atoms with Gasteiger partial charge in [-0.25, -0.2) is 4.39 Å². The van der Waals surface area contributed by atoms with Crippen LogP contribution in [0.4, 0.5) is 4.39 Å². The fourth-order valence-electron chi connectivity index (χ4n) is 2.68. The summed E-state index contributed by atoms with van der Waals surface area (Å²) in [6, 6.07) is 5.60. The number of rotatable bonds is 5. The van der Waals surface area contributed by atoms with E-state index in [1.54, 1.807) is 4.90 Å². The van der Waals surface area contributed by atoms with Crippen molar-refractivity contribution in [2.24, 2.45) is 11.7 Å². The van der Waals surface area contributed by atoms with Crippen LogP contribution < -0.4 is 5.73 Å². The lowest BCUT2D eigenvalue weighted by molar-refractivity contribution is -0.132. The van der Waals surface area contributed by atoms with Gasteiger partial charge in [0.1, 0.15) is 5.82 Å². The first-order valence-corrected chi connectivity index (χ1v) is 7.39. The average Bonchev–Trinajstić information content (AvgIpc) is 2.52. The topological polar surface area (TPSA) is 63.4 Å². The summed E-state index contributed by atoms with van der Waals surface area (Å²) in [4.78, 5) is 26.2. The predicted octanol–water partition coefficient (Wildman–Crippen LogP) is 2.41. The molecule has 1 aliphatic rings. The van der Waals surface area contributed by atoms with Crippen LogP contribution in [0.25, 0.3) is 0 Å². The summed E-state index contributed by atoms with van der Waals surface area (Å²) in [5, 5.41) is 0. The van der Waals surface area contributed by atoms with Crippen LogP contribution in [0.3, 0.4) is 0 Å². The molecule has 2 N–H and O–H groups in total. The number of ketones is 1. The number of nitrogens with two attached hydrogens (primary N) is 1. The third-order valence-corrected chi connectivity index (χ3v) is 3.87. The minimum atomic E-state index is -0.353. The third kappa shape index (κ3) is 4.78. The van der Waals surface area contributed by atoms with Crippen molar-refractivity contribution in [2.75, 3.05) is 19.6 Å². The maximum Gasteiger partial charge on any atom is 0.222 e. The second-order valence-corrected chi connectivity index (χ2v) is 5.44. The van der Waals surface area contributed by atoms with Crippen molar-refractivity contribution in [3.8, 4) is 0 Å². The van der Waals surface area contributed by atoms with Gasteiger partial charge in [0.05, 0.1) is 0 Å². The van der Waals surface area contributed by atoms with Crippen molar-refractivity contribution in [1.29, 1.82) is 0 Å². The Morgan fingerprint density at radius 3 is 2.59 bits per heavy atom. The normalized spacial score (nSPS) is 17.7. The molecular weight excluding hydrogens is 307 g/mol. The van der Waals surface area contributed by atoms with Gasteiger partial charge in [0, 0.05) is 31.0 Å². The second kappa shape index (κ2) is 8.86. The van der Waals surface area contributed by atoms with E-state index < -0.39 is 0 Å². The van der Waals surface area contributed by atoms with Gasteiger partial charge in [0.2, 0.25) is 5.91 Å². The maximum absolute atomic E-state index is 12.9. The van der Waals surface area contributed by atoms with E-state index in [0.29, 0.717) is 38.0 Å². The smallest absolute Gasteiger partial charge is 0.222 e. The lowest BCUT2D eigenvalue weighted by Gasteiger charge is -2.32. The van der Waals surface area contributed by atoms with Crippen molar-refractivity contribution in [2.45, 2.75) is 25.7 Å². The highest BCUT2D eigenvalue weighted by Crippen LogP contribution is 2.22. The molecular formula is C16H22ClFN2O2. The summed E-state index contributed by atoms with van der Waals surface area (Å²) in [5.74, 6) is -0.483. The number of likely N-dealkylation sites (tertiary alicyclic amines) is 1. The van der Waals surface area contributed by atoms with E-state index in [1.165, 1.54) is 24.3 Å². The first-order valence-electron chi connectivity index (χ1n) is 7.39. The SMILES string of the molecule is Cl.NCCCC(=O)N1CCCC(C(=O)c2ccc(F)cc2)C1. The summed E-state index contributed by atoms with van der Waals surface area (Å²) < 4.78 is 12.9. The van der Waals surface area contributed by atoms with Gasteiger partial charge in [0.25, 0.3) is 0 Å². The Labute approximate surface area is 136 Å². The first kappa shape index (κ1) is 18.6. The van der Waals surface area contributed by atoms with Gasteiger partial charge < -0.3 is 10.6 Å². The molecule has 0 saturated carbocycles. The van der Waals surface area contributed by atoms with E-state index in [-0.39, 0.29) is 35.8 Å². The van der Waals surface area contributed by atoms with E-state index in [1.807, 2.05) is 0 Å². The molecule has 4 nitrogen and oxygen atoms in total. The lowest BCUT2D eigenvalue weighted by atomic mass is 9.90. The lowest BCUT2D eigenvalue weighted by Crippen LogP contribution is -2.42. The minimum absolute atomic E-state index is 0. The fourth-order valence-corrected chi connectivity index (χ4v) is 2.68. The molecule has 2 rings (SSSR count). The summed E-state index contributed by atoms with van der Waals surface area (Å²) in [6.45, 7) is 1.66. The Bertz CT molecular complexity index is 507. The maximum atomic E-state index is 12.9. The average molecular weight is 329 g/mol. The first-order chi connectivity index (χ1) is 10.1. The van der Waals surface area contributed by atoms with Gasteiger partial charge in [-0.05, 0) is 50.1 Å². The van der Waals surface area contributed by atoms with Crippen molar-refractivity contribution in [3.63, 3.8) is 0 Å². The van der Waals surface area contributed by atoms with E-state index >= 15 is 0 Å². The highest BCUT2D eigenvalue weighted by atomic mass is 35.5. The zero-order valence-electron chi connectivity index (χ0n) is 12.5. The predicted molar refractivity (Wildman–Crippen MR) is 85.6 cm³/mol. The number of halogens is 2. The van der Waals surface area contributed by atoms with Gasteiger partial charge in [-0.15, -0.1) is 12.4 Å². The van der Waals surface area contributed by atoms with Gasteiger partial charge in [0.15, 0.2) is 5.78 Å². The molecule has 1 amide bonds.